The normalized spacial score (nSPS) is 31.2. The summed E-state index contributed by atoms with van der Waals surface area (Å²) in [6.07, 6.45) is 5.97. The van der Waals surface area contributed by atoms with Crippen LogP contribution in [0.2, 0.25) is 0 Å². The molecule has 90 valence electrons. The maximum absolute atomic E-state index is 12.5. The number of nitrogens with two attached hydrogens (primary N) is 2. The molecule has 0 atom stereocenters. The fourth-order valence-corrected chi connectivity index (χ4v) is 3.07. The van der Waals surface area contributed by atoms with Gasteiger partial charge in [-0.2, -0.15) is 0 Å². The van der Waals surface area contributed by atoms with Gasteiger partial charge in [-0.1, -0.05) is 0 Å². The molecule has 3 rings (SSSR count). The van der Waals surface area contributed by atoms with Crippen molar-refractivity contribution in [3.63, 3.8) is 0 Å². The number of piperidine rings is 1. The highest BCUT2D eigenvalue weighted by atomic mass is 16.2. The van der Waals surface area contributed by atoms with Crippen molar-refractivity contribution in [3.8, 4) is 0 Å². The summed E-state index contributed by atoms with van der Waals surface area (Å²) < 4.78 is 0. The lowest BCUT2D eigenvalue weighted by molar-refractivity contribution is -0.139. The summed E-state index contributed by atoms with van der Waals surface area (Å²) in [7, 11) is 0. The Morgan fingerprint density at radius 1 is 1.12 bits per heavy atom. The summed E-state index contributed by atoms with van der Waals surface area (Å²) in [6, 6.07) is 0.284. The van der Waals surface area contributed by atoms with E-state index in [9.17, 15) is 4.79 Å². The molecular weight excluding hydrogens is 202 g/mol. The van der Waals surface area contributed by atoms with Gasteiger partial charge in [0.15, 0.2) is 0 Å². The van der Waals surface area contributed by atoms with Gasteiger partial charge < -0.3 is 16.4 Å². The number of rotatable bonds is 2. The predicted molar refractivity (Wildman–Crippen MR) is 61.6 cm³/mol. The Morgan fingerprint density at radius 3 is 2.12 bits per heavy atom. The standard InChI is InChI=1S/C12H21N3O/c13-9-1-7-15(8-2-9)10(16)11(3-4-11)12(14)5-6-12/h9H,1-8,13-14H2. The third-order valence-corrected chi connectivity index (χ3v) is 4.73. The molecule has 0 aromatic carbocycles. The minimum atomic E-state index is -0.172. The van der Waals surface area contributed by atoms with Crippen LogP contribution < -0.4 is 11.5 Å². The zero-order valence-corrected chi connectivity index (χ0v) is 9.74. The minimum absolute atomic E-state index is 0.149. The number of nitrogens with zero attached hydrogens (tertiary/aromatic N) is 1. The fourth-order valence-electron chi connectivity index (χ4n) is 3.07. The molecule has 16 heavy (non-hydrogen) atoms. The van der Waals surface area contributed by atoms with Gasteiger partial charge in [0.05, 0.1) is 5.41 Å². The lowest BCUT2D eigenvalue weighted by Gasteiger charge is -2.35. The van der Waals surface area contributed by atoms with Crippen molar-refractivity contribution in [1.29, 1.82) is 0 Å². The number of carbonyl (C=O) groups excluding carboxylic acids is 1. The van der Waals surface area contributed by atoms with E-state index in [0.717, 1.165) is 51.6 Å². The smallest absolute Gasteiger partial charge is 0.230 e. The van der Waals surface area contributed by atoms with Crippen molar-refractivity contribution in [2.75, 3.05) is 13.1 Å². The molecule has 0 radical (unpaired) electrons. The zero-order valence-electron chi connectivity index (χ0n) is 9.74. The monoisotopic (exact) mass is 223 g/mol. The van der Waals surface area contributed by atoms with Crippen molar-refractivity contribution in [2.45, 2.75) is 50.1 Å². The molecule has 2 aliphatic carbocycles. The van der Waals surface area contributed by atoms with E-state index in [1.807, 2.05) is 4.90 Å². The van der Waals surface area contributed by atoms with Gasteiger partial charge in [0.2, 0.25) is 5.91 Å². The maximum Gasteiger partial charge on any atom is 0.230 e. The van der Waals surface area contributed by atoms with Crippen LogP contribution in [0.4, 0.5) is 0 Å². The number of hydrogen-bond donors (Lipinski definition) is 2. The Morgan fingerprint density at radius 2 is 1.69 bits per heavy atom. The summed E-state index contributed by atoms with van der Waals surface area (Å²) in [6.45, 7) is 1.66. The van der Waals surface area contributed by atoms with Gasteiger partial charge in [-0.15, -0.1) is 0 Å². The van der Waals surface area contributed by atoms with Gasteiger partial charge in [-0.3, -0.25) is 4.79 Å². The van der Waals surface area contributed by atoms with Crippen molar-refractivity contribution < 1.29 is 4.79 Å². The first-order valence-electron chi connectivity index (χ1n) is 6.41. The third kappa shape index (κ3) is 1.39. The van der Waals surface area contributed by atoms with E-state index in [-0.39, 0.29) is 17.0 Å². The van der Waals surface area contributed by atoms with Crippen LogP contribution >= 0.6 is 0 Å². The highest BCUT2D eigenvalue weighted by molar-refractivity contribution is 5.88. The Kier molecular flexibility index (Phi) is 2.11. The Balaban J connectivity index is 1.69. The van der Waals surface area contributed by atoms with E-state index in [4.69, 9.17) is 11.5 Å². The number of hydrogen-bond acceptors (Lipinski definition) is 3. The lowest BCUT2D eigenvalue weighted by Crippen LogP contribution is -2.51. The molecule has 1 saturated heterocycles. The third-order valence-electron chi connectivity index (χ3n) is 4.73. The van der Waals surface area contributed by atoms with Crippen LogP contribution in [0.5, 0.6) is 0 Å². The molecule has 0 unspecified atom stereocenters. The number of carbonyl (C=O) groups is 1. The van der Waals surface area contributed by atoms with Gasteiger partial charge in [0.1, 0.15) is 0 Å². The highest BCUT2D eigenvalue weighted by Crippen LogP contribution is 2.63. The van der Waals surface area contributed by atoms with Crippen LogP contribution in [-0.2, 0) is 4.79 Å². The summed E-state index contributed by atoms with van der Waals surface area (Å²) in [5.41, 5.74) is 11.8. The molecule has 3 fully saturated rings. The average molecular weight is 223 g/mol. The Bertz CT molecular complexity index is 312. The molecule has 0 aromatic rings. The number of amides is 1. The summed E-state index contributed by atoms with van der Waals surface area (Å²) in [5, 5.41) is 0. The predicted octanol–water partition coefficient (Wildman–Crippen LogP) is 0.208. The zero-order chi connectivity index (χ0) is 11.4. The largest absolute Gasteiger partial charge is 0.342 e. The molecular formula is C12H21N3O. The molecule has 1 heterocycles. The van der Waals surface area contributed by atoms with E-state index < -0.39 is 0 Å². The second-order valence-electron chi connectivity index (χ2n) is 5.87. The molecule has 4 nitrogen and oxygen atoms in total. The van der Waals surface area contributed by atoms with Gasteiger partial charge >= 0.3 is 0 Å². The SMILES string of the molecule is NC1CCN(C(=O)C2(C3(N)CC3)CC2)CC1. The molecule has 1 amide bonds. The first kappa shape index (κ1) is 10.5. The van der Waals surface area contributed by atoms with E-state index in [1.165, 1.54) is 0 Å². The molecule has 0 spiro atoms. The second-order valence-corrected chi connectivity index (χ2v) is 5.87. The topological polar surface area (TPSA) is 72.3 Å². The molecule has 4 N–H and O–H groups in total. The lowest BCUT2D eigenvalue weighted by atomic mass is 9.91. The first-order chi connectivity index (χ1) is 7.57. The highest BCUT2D eigenvalue weighted by Gasteiger charge is 2.68. The second kappa shape index (κ2) is 3.20. The minimum Gasteiger partial charge on any atom is -0.342 e. The van der Waals surface area contributed by atoms with Crippen LogP contribution in [0.1, 0.15) is 38.5 Å². The van der Waals surface area contributed by atoms with Crippen molar-refractivity contribution >= 4 is 5.91 Å². The van der Waals surface area contributed by atoms with Crippen LogP contribution in [0.15, 0.2) is 0 Å². The first-order valence-corrected chi connectivity index (χ1v) is 6.41. The molecule has 2 saturated carbocycles. The summed E-state index contributed by atoms with van der Waals surface area (Å²) >= 11 is 0. The quantitative estimate of drug-likeness (QED) is 0.703. The van der Waals surface area contributed by atoms with Crippen LogP contribution in [0, 0.1) is 5.41 Å². The van der Waals surface area contributed by atoms with E-state index in [0.29, 0.717) is 5.91 Å². The molecule has 4 heteroatoms. The Labute approximate surface area is 96.3 Å². The van der Waals surface area contributed by atoms with Gasteiger partial charge in [0.25, 0.3) is 0 Å². The van der Waals surface area contributed by atoms with E-state index >= 15 is 0 Å². The summed E-state index contributed by atoms with van der Waals surface area (Å²) in [5.74, 6) is 0.319. The average Bonchev–Trinajstić information content (AvgIpc) is 3.13. The fraction of sp³-hybridized carbons (Fsp3) is 0.917. The van der Waals surface area contributed by atoms with Gasteiger partial charge in [-0.25, -0.2) is 0 Å². The molecule has 3 aliphatic rings. The molecule has 0 bridgehead atoms. The van der Waals surface area contributed by atoms with Crippen molar-refractivity contribution in [2.24, 2.45) is 16.9 Å². The van der Waals surface area contributed by atoms with Gasteiger partial charge in [0, 0.05) is 24.7 Å². The molecule has 1 aliphatic heterocycles. The van der Waals surface area contributed by atoms with Crippen LogP contribution in [0.25, 0.3) is 0 Å². The van der Waals surface area contributed by atoms with E-state index in [2.05, 4.69) is 0 Å². The van der Waals surface area contributed by atoms with E-state index in [1.54, 1.807) is 0 Å². The van der Waals surface area contributed by atoms with Gasteiger partial charge in [-0.05, 0) is 38.5 Å². The van der Waals surface area contributed by atoms with Crippen LogP contribution in [0.3, 0.4) is 0 Å². The Hall–Kier alpha value is -0.610. The number of likely N-dealkylation sites (tertiary alicyclic amines) is 1. The molecule has 0 aromatic heterocycles. The van der Waals surface area contributed by atoms with Crippen molar-refractivity contribution in [1.82, 2.24) is 4.90 Å². The summed E-state index contributed by atoms with van der Waals surface area (Å²) in [4.78, 5) is 14.5. The van der Waals surface area contributed by atoms with Crippen LogP contribution in [-0.4, -0.2) is 35.5 Å². The van der Waals surface area contributed by atoms with Crippen molar-refractivity contribution in [3.05, 3.63) is 0 Å². The maximum atomic E-state index is 12.5.